The predicted molar refractivity (Wildman–Crippen MR) is 110 cm³/mol. The van der Waals surface area contributed by atoms with E-state index >= 15 is 0 Å². The first-order valence-electron chi connectivity index (χ1n) is 8.83. The molecule has 2 aromatic carbocycles. The highest BCUT2D eigenvalue weighted by atomic mass is 35.5. The fourth-order valence-corrected chi connectivity index (χ4v) is 4.64. The lowest BCUT2D eigenvalue weighted by Crippen LogP contribution is -2.48. The van der Waals surface area contributed by atoms with Crippen LogP contribution in [0.1, 0.15) is 24.0 Å². The van der Waals surface area contributed by atoms with Crippen molar-refractivity contribution in [3.8, 4) is 0 Å². The minimum atomic E-state index is -3.25. The number of halogens is 2. The van der Waals surface area contributed by atoms with E-state index in [0.29, 0.717) is 36.1 Å². The zero-order chi connectivity index (χ0) is 20.4. The summed E-state index contributed by atoms with van der Waals surface area (Å²) in [5.41, 5.74) is 0.768. The van der Waals surface area contributed by atoms with Crippen LogP contribution in [0.4, 0.5) is 0 Å². The van der Waals surface area contributed by atoms with Crippen LogP contribution >= 0.6 is 23.2 Å². The van der Waals surface area contributed by atoms with Crippen LogP contribution in [0.3, 0.4) is 0 Å². The van der Waals surface area contributed by atoms with Gasteiger partial charge in [-0.1, -0.05) is 41.4 Å². The van der Waals surface area contributed by atoms with Gasteiger partial charge in [0.1, 0.15) is 0 Å². The van der Waals surface area contributed by atoms with Crippen LogP contribution in [0.5, 0.6) is 0 Å². The molecule has 5 nitrogen and oxygen atoms in total. The van der Waals surface area contributed by atoms with Crippen LogP contribution in [-0.2, 0) is 31.3 Å². The summed E-state index contributed by atoms with van der Waals surface area (Å²) >= 11 is 12.4. The number of hydrogen-bond acceptors (Lipinski definition) is 4. The van der Waals surface area contributed by atoms with Crippen molar-refractivity contribution in [3.63, 3.8) is 0 Å². The number of carbonyl (C=O) groups excluding carboxylic acids is 1. The van der Waals surface area contributed by atoms with Crippen LogP contribution in [0.2, 0.25) is 10.0 Å². The number of benzene rings is 2. The summed E-state index contributed by atoms with van der Waals surface area (Å²) in [6.45, 7) is 1.22. The van der Waals surface area contributed by atoms with E-state index in [1.807, 2.05) is 0 Å². The molecule has 1 N–H and O–H groups in total. The maximum Gasteiger partial charge on any atom is 0.231 e. The first-order valence-corrected chi connectivity index (χ1v) is 11.5. The summed E-state index contributed by atoms with van der Waals surface area (Å²) in [5.74, 6) is -0.132. The largest absolute Gasteiger partial charge is 0.381 e. The summed E-state index contributed by atoms with van der Waals surface area (Å²) in [4.78, 5) is 13.4. The highest BCUT2D eigenvalue weighted by Crippen LogP contribution is 2.40. The average molecular weight is 442 g/mol. The van der Waals surface area contributed by atoms with Crippen LogP contribution in [0.25, 0.3) is 0 Å². The molecule has 0 aliphatic carbocycles. The Morgan fingerprint density at radius 3 is 2.32 bits per heavy atom. The second kappa shape index (κ2) is 8.41. The Morgan fingerprint density at radius 2 is 1.75 bits per heavy atom. The van der Waals surface area contributed by atoms with Crippen molar-refractivity contribution in [1.82, 2.24) is 5.32 Å². The lowest BCUT2D eigenvalue weighted by molar-refractivity contribution is -0.130. The zero-order valence-electron chi connectivity index (χ0n) is 15.4. The van der Waals surface area contributed by atoms with Crippen LogP contribution < -0.4 is 5.32 Å². The fraction of sp³-hybridized carbons (Fsp3) is 0.350. The van der Waals surface area contributed by atoms with Crippen LogP contribution in [0, 0.1) is 0 Å². The summed E-state index contributed by atoms with van der Waals surface area (Å²) in [6.07, 6.45) is 2.20. The van der Waals surface area contributed by atoms with E-state index in [-0.39, 0.29) is 17.3 Å². The number of ether oxygens (including phenoxy) is 1. The van der Waals surface area contributed by atoms with Gasteiger partial charge in [0.15, 0.2) is 9.84 Å². The monoisotopic (exact) mass is 441 g/mol. The smallest absolute Gasteiger partial charge is 0.231 e. The number of rotatable bonds is 5. The third-order valence-electron chi connectivity index (χ3n) is 5.03. The van der Waals surface area contributed by atoms with Crippen molar-refractivity contribution in [2.24, 2.45) is 0 Å². The Kier molecular flexibility index (Phi) is 6.34. The summed E-state index contributed by atoms with van der Waals surface area (Å²) in [5, 5.41) is 3.95. The number of nitrogens with one attached hydrogen (secondary N) is 1. The van der Waals surface area contributed by atoms with E-state index in [0.717, 1.165) is 17.4 Å². The molecule has 3 rings (SSSR count). The second-order valence-corrected chi connectivity index (χ2v) is 9.78. The molecule has 1 saturated heterocycles. The molecule has 8 heteroatoms. The van der Waals surface area contributed by atoms with Crippen molar-refractivity contribution in [2.45, 2.75) is 29.7 Å². The average Bonchev–Trinajstić information content (AvgIpc) is 2.66. The number of amides is 1. The van der Waals surface area contributed by atoms with Gasteiger partial charge in [-0.15, -0.1) is 0 Å². The van der Waals surface area contributed by atoms with Crippen LogP contribution in [-0.4, -0.2) is 33.8 Å². The van der Waals surface area contributed by atoms with Gasteiger partial charge in [0.25, 0.3) is 0 Å². The molecule has 0 atom stereocenters. The number of carbonyl (C=O) groups is 1. The molecule has 28 heavy (non-hydrogen) atoms. The maximum atomic E-state index is 13.2. The third-order valence-corrected chi connectivity index (χ3v) is 6.71. The van der Waals surface area contributed by atoms with Gasteiger partial charge in [0, 0.05) is 36.1 Å². The topological polar surface area (TPSA) is 72.5 Å². The van der Waals surface area contributed by atoms with Crippen molar-refractivity contribution < 1.29 is 17.9 Å². The highest BCUT2D eigenvalue weighted by Gasteiger charge is 2.42. The van der Waals surface area contributed by atoms with Gasteiger partial charge in [-0.05, 0) is 48.2 Å². The lowest BCUT2D eigenvalue weighted by atomic mass is 9.73. The molecule has 1 aliphatic heterocycles. The van der Waals surface area contributed by atoms with Gasteiger partial charge in [0.2, 0.25) is 5.91 Å². The minimum absolute atomic E-state index is 0.132. The molecule has 0 radical (unpaired) electrons. The maximum absolute atomic E-state index is 13.2. The molecule has 150 valence electrons. The van der Waals surface area contributed by atoms with Crippen LogP contribution in [0.15, 0.2) is 47.4 Å². The van der Waals surface area contributed by atoms with Crippen molar-refractivity contribution >= 4 is 38.9 Å². The molecular weight excluding hydrogens is 421 g/mol. The van der Waals surface area contributed by atoms with E-state index in [1.165, 1.54) is 12.1 Å². The van der Waals surface area contributed by atoms with Crippen molar-refractivity contribution in [2.75, 3.05) is 19.5 Å². The van der Waals surface area contributed by atoms with Gasteiger partial charge in [-0.3, -0.25) is 4.79 Å². The number of sulfone groups is 1. The summed E-state index contributed by atoms with van der Waals surface area (Å²) in [7, 11) is -3.25. The second-order valence-electron chi connectivity index (χ2n) is 6.92. The Hall–Kier alpha value is -1.60. The van der Waals surface area contributed by atoms with E-state index in [1.54, 1.807) is 30.3 Å². The molecule has 1 aliphatic rings. The Balaban J connectivity index is 1.81. The van der Waals surface area contributed by atoms with Crippen molar-refractivity contribution in [1.29, 1.82) is 0 Å². The first kappa shape index (κ1) is 21.1. The van der Waals surface area contributed by atoms with E-state index in [4.69, 9.17) is 27.9 Å². The normalized spacial score (nSPS) is 16.5. The highest BCUT2D eigenvalue weighted by molar-refractivity contribution is 7.90. The molecule has 0 unspecified atom stereocenters. The predicted octanol–water partition coefficient (Wildman–Crippen LogP) is 3.76. The first-order chi connectivity index (χ1) is 13.2. The van der Waals surface area contributed by atoms with Gasteiger partial charge in [0.05, 0.1) is 10.3 Å². The third kappa shape index (κ3) is 4.51. The molecule has 1 heterocycles. The summed E-state index contributed by atoms with van der Waals surface area (Å²) < 4.78 is 28.6. The SMILES string of the molecule is CS(=O)(=O)c1ccc(CNC(=O)C2(c3ccc(Cl)cc3Cl)CCOCC2)cc1. The van der Waals surface area contributed by atoms with Gasteiger partial charge in [-0.25, -0.2) is 8.42 Å². The molecular formula is C20H21Cl2NO4S. The lowest BCUT2D eigenvalue weighted by Gasteiger charge is -2.37. The van der Waals surface area contributed by atoms with Crippen molar-refractivity contribution in [3.05, 3.63) is 63.6 Å². The van der Waals surface area contributed by atoms with E-state index < -0.39 is 15.3 Å². The Morgan fingerprint density at radius 1 is 1.11 bits per heavy atom. The molecule has 1 fully saturated rings. The molecule has 0 bridgehead atoms. The van der Waals surface area contributed by atoms with Gasteiger partial charge >= 0.3 is 0 Å². The summed E-state index contributed by atoms with van der Waals surface area (Å²) in [6, 6.07) is 11.7. The molecule has 2 aromatic rings. The molecule has 0 aromatic heterocycles. The molecule has 0 saturated carbocycles. The van der Waals surface area contributed by atoms with E-state index in [2.05, 4.69) is 5.32 Å². The van der Waals surface area contributed by atoms with Gasteiger partial charge in [-0.2, -0.15) is 0 Å². The number of hydrogen-bond donors (Lipinski definition) is 1. The molecule has 1 amide bonds. The Labute approximate surface area is 174 Å². The standard InChI is InChI=1S/C20H21Cl2NO4S/c1-28(25,26)16-5-2-14(3-6-16)13-23-19(24)20(8-10-27-11-9-20)17-7-4-15(21)12-18(17)22/h2-7,12H,8-11,13H2,1H3,(H,23,24). The van der Waals surface area contributed by atoms with Gasteiger partial charge < -0.3 is 10.1 Å². The minimum Gasteiger partial charge on any atom is -0.381 e. The molecule has 0 spiro atoms. The fourth-order valence-electron chi connectivity index (χ4n) is 3.42. The Bertz CT molecular complexity index is 968. The zero-order valence-corrected chi connectivity index (χ0v) is 17.7. The van der Waals surface area contributed by atoms with E-state index in [9.17, 15) is 13.2 Å². The quantitative estimate of drug-likeness (QED) is 0.766.